The first kappa shape index (κ1) is 24.0. The summed E-state index contributed by atoms with van der Waals surface area (Å²) in [6.45, 7) is 7.51. The normalized spacial score (nSPS) is 19.3. The van der Waals surface area contributed by atoms with Crippen LogP contribution in [0.4, 0.5) is 0 Å². The van der Waals surface area contributed by atoms with Crippen molar-refractivity contribution in [3.8, 4) is 12.3 Å². The summed E-state index contributed by atoms with van der Waals surface area (Å²) in [5.41, 5.74) is 11.6. The van der Waals surface area contributed by atoms with Crippen LogP contribution in [0, 0.1) is 17.8 Å². The Morgan fingerprint density at radius 1 is 1.24 bits per heavy atom. The minimum Gasteiger partial charge on any atom is -0.343 e. The van der Waals surface area contributed by atoms with Gasteiger partial charge in [0.15, 0.2) is 5.82 Å². The van der Waals surface area contributed by atoms with Crippen molar-refractivity contribution in [3.63, 3.8) is 0 Å². The summed E-state index contributed by atoms with van der Waals surface area (Å²) in [6, 6.07) is 6.28. The highest BCUT2D eigenvalue weighted by Gasteiger charge is 2.34. The van der Waals surface area contributed by atoms with Gasteiger partial charge in [-0.15, -0.1) is 6.42 Å². The third-order valence-corrected chi connectivity index (χ3v) is 7.45. The molecule has 3 N–H and O–H groups in total. The molecule has 6 nitrogen and oxygen atoms in total. The van der Waals surface area contributed by atoms with E-state index in [4.69, 9.17) is 12.2 Å². The molecule has 0 saturated carbocycles. The second-order valence-corrected chi connectivity index (χ2v) is 10.5. The number of hydrogen-bond acceptors (Lipinski definition) is 4. The average molecular weight is 459 g/mol. The number of hydrogen-bond donors (Lipinski definition) is 2. The van der Waals surface area contributed by atoms with E-state index in [9.17, 15) is 9.59 Å². The molecule has 1 saturated heterocycles. The van der Waals surface area contributed by atoms with Gasteiger partial charge in [0.2, 0.25) is 11.7 Å². The number of ketones is 1. The molecule has 0 bridgehead atoms. The lowest BCUT2D eigenvalue weighted by atomic mass is 9.75. The van der Waals surface area contributed by atoms with Crippen LogP contribution in [-0.2, 0) is 16.8 Å². The number of Topliss-reactive ketones (excluding diaryl/α,β-unsaturated/α-hetero) is 1. The lowest BCUT2D eigenvalue weighted by molar-refractivity contribution is -0.130. The summed E-state index contributed by atoms with van der Waals surface area (Å²) in [5, 5.41) is 0. The van der Waals surface area contributed by atoms with Crippen LogP contribution in [0.2, 0.25) is 0 Å². The highest BCUT2D eigenvalue weighted by Crippen LogP contribution is 2.40. The van der Waals surface area contributed by atoms with Crippen molar-refractivity contribution in [3.05, 3.63) is 58.7 Å². The van der Waals surface area contributed by atoms with Crippen LogP contribution < -0.4 is 5.73 Å². The number of likely N-dealkylation sites (tertiary alicyclic amines) is 1. The Balaban J connectivity index is 1.66. The van der Waals surface area contributed by atoms with Gasteiger partial charge in [-0.25, -0.2) is 4.98 Å². The van der Waals surface area contributed by atoms with E-state index in [0.29, 0.717) is 18.8 Å². The van der Waals surface area contributed by atoms with Crippen molar-refractivity contribution in [1.82, 2.24) is 14.9 Å². The summed E-state index contributed by atoms with van der Waals surface area (Å²) in [6.07, 6.45) is 14.0. The zero-order chi connectivity index (χ0) is 24.5. The van der Waals surface area contributed by atoms with E-state index in [-0.39, 0.29) is 29.4 Å². The van der Waals surface area contributed by atoms with Crippen LogP contribution in [0.25, 0.3) is 5.57 Å². The summed E-state index contributed by atoms with van der Waals surface area (Å²) in [4.78, 5) is 33.7. The Morgan fingerprint density at radius 2 is 1.97 bits per heavy atom. The van der Waals surface area contributed by atoms with Crippen LogP contribution in [-0.4, -0.2) is 39.6 Å². The van der Waals surface area contributed by atoms with Gasteiger partial charge in [0, 0.05) is 32.0 Å². The lowest BCUT2D eigenvalue weighted by Gasteiger charge is -2.39. The van der Waals surface area contributed by atoms with Crippen LogP contribution in [0.15, 0.2) is 30.5 Å². The minimum atomic E-state index is -0.486. The van der Waals surface area contributed by atoms with Crippen LogP contribution in [0.5, 0.6) is 0 Å². The fourth-order valence-corrected chi connectivity index (χ4v) is 4.96. The number of aromatic nitrogens is 2. The number of nitrogens with zero attached hydrogens (tertiary/aromatic N) is 2. The number of benzene rings is 1. The van der Waals surface area contributed by atoms with Gasteiger partial charge in [0.25, 0.3) is 0 Å². The molecule has 2 aliphatic rings. The molecular weight excluding hydrogens is 424 g/mol. The summed E-state index contributed by atoms with van der Waals surface area (Å²) >= 11 is 0. The van der Waals surface area contributed by atoms with E-state index in [1.807, 2.05) is 11.0 Å². The zero-order valence-electron chi connectivity index (χ0n) is 20.4. The maximum atomic E-state index is 13.0. The Kier molecular flexibility index (Phi) is 6.51. The van der Waals surface area contributed by atoms with Crippen LogP contribution in [0.1, 0.15) is 85.9 Å². The first-order chi connectivity index (χ1) is 16.1. The molecule has 6 heteroatoms. The molecule has 4 rings (SSSR count). The van der Waals surface area contributed by atoms with Gasteiger partial charge >= 0.3 is 0 Å². The standard InChI is InChI=1S/C28H34N4O2/c1-5-23-18-30-26(31-23)25(34)16-21-6-7-22(28(29)12-14-32(15-13-28)19(2)33)17-24(21)20-8-10-27(3,4)11-9-20/h1,6-8,17-18H,9-16,29H2,2-4H3,(H,30,31). The summed E-state index contributed by atoms with van der Waals surface area (Å²) < 4.78 is 0. The van der Waals surface area contributed by atoms with Crippen LogP contribution in [0.3, 0.4) is 0 Å². The molecule has 1 amide bonds. The van der Waals surface area contributed by atoms with E-state index >= 15 is 0 Å². The molecule has 1 aromatic heterocycles. The first-order valence-electron chi connectivity index (χ1n) is 12.0. The largest absolute Gasteiger partial charge is 0.343 e. The van der Waals surface area contributed by atoms with Crippen molar-refractivity contribution in [2.45, 2.75) is 64.8 Å². The smallest absolute Gasteiger partial charge is 0.219 e. The predicted octanol–water partition coefficient (Wildman–Crippen LogP) is 4.21. The molecule has 1 aromatic carbocycles. The fraction of sp³-hybridized carbons (Fsp3) is 0.464. The number of carbonyl (C=O) groups is 2. The minimum absolute atomic E-state index is 0.0931. The van der Waals surface area contributed by atoms with Crippen molar-refractivity contribution in [1.29, 1.82) is 0 Å². The Hall–Kier alpha value is -3.17. The van der Waals surface area contributed by atoms with E-state index in [2.05, 4.69) is 47.9 Å². The molecule has 0 spiro atoms. The Morgan fingerprint density at radius 3 is 2.56 bits per heavy atom. The number of amides is 1. The summed E-state index contributed by atoms with van der Waals surface area (Å²) in [5.74, 6) is 2.76. The molecule has 2 aromatic rings. The van der Waals surface area contributed by atoms with E-state index in [0.717, 1.165) is 48.8 Å². The Bertz CT molecular complexity index is 1170. The van der Waals surface area contributed by atoms with Gasteiger partial charge in [-0.05, 0) is 65.8 Å². The monoisotopic (exact) mass is 458 g/mol. The third kappa shape index (κ3) is 5.00. The lowest BCUT2D eigenvalue weighted by Crippen LogP contribution is -2.49. The van der Waals surface area contributed by atoms with Gasteiger partial charge in [-0.1, -0.05) is 38.0 Å². The maximum absolute atomic E-state index is 13.0. The molecule has 1 fully saturated rings. The molecular formula is C28H34N4O2. The average Bonchev–Trinajstić information content (AvgIpc) is 3.29. The number of nitrogens with one attached hydrogen (secondary N) is 1. The number of carbonyl (C=O) groups excluding carboxylic acids is 2. The molecule has 0 unspecified atom stereocenters. The molecule has 0 atom stereocenters. The highest BCUT2D eigenvalue weighted by atomic mass is 16.2. The van der Waals surface area contributed by atoms with Crippen molar-refractivity contribution >= 4 is 17.3 Å². The molecule has 178 valence electrons. The fourth-order valence-electron chi connectivity index (χ4n) is 4.96. The van der Waals surface area contributed by atoms with Gasteiger partial charge < -0.3 is 15.6 Å². The third-order valence-electron chi connectivity index (χ3n) is 7.45. The molecule has 1 aliphatic carbocycles. The number of piperidine rings is 1. The number of allylic oxidation sites excluding steroid dienone is 2. The number of nitrogens with two attached hydrogens (primary N) is 1. The maximum Gasteiger partial charge on any atom is 0.219 e. The Labute approximate surface area is 202 Å². The van der Waals surface area contributed by atoms with Gasteiger partial charge in [0.1, 0.15) is 5.69 Å². The topological polar surface area (TPSA) is 92.1 Å². The summed E-state index contributed by atoms with van der Waals surface area (Å²) in [7, 11) is 0. The number of aromatic amines is 1. The zero-order valence-corrected chi connectivity index (χ0v) is 20.4. The number of imidazole rings is 1. The molecule has 0 radical (unpaired) electrons. The van der Waals surface area contributed by atoms with E-state index < -0.39 is 5.54 Å². The van der Waals surface area contributed by atoms with Gasteiger partial charge in [-0.2, -0.15) is 0 Å². The van der Waals surface area contributed by atoms with Crippen molar-refractivity contribution in [2.75, 3.05) is 13.1 Å². The van der Waals surface area contributed by atoms with E-state index in [1.54, 1.807) is 6.92 Å². The van der Waals surface area contributed by atoms with Gasteiger partial charge in [0.05, 0.1) is 6.20 Å². The van der Waals surface area contributed by atoms with Crippen molar-refractivity contribution < 1.29 is 9.59 Å². The van der Waals surface area contributed by atoms with Crippen LogP contribution >= 0.6 is 0 Å². The van der Waals surface area contributed by atoms with E-state index in [1.165, 1.54) is 11.8 Å². The second-order valence-electron chi connectivity index (χ2n) is 10.5. The second kappa shape index (κ2) is 9.23. The highest BCUT2D eigenvalue weighted by molar-refractivity contribution is 5.95. The quantitative estimate of drug-likeness (QED) is 0.519. The first-order valence-corrected chi connectivity index (χ1v) is 12.0. The van der Waals surface area contributed by atoms with Gasteiger partial charge in [-0.3, -0.25) is 9.59 Å². The molecule has 34 heavy (non-hydrogen) atoms. The number of H-pyrrole nitrogens is 1. The molecule has 1 aliphatic heterocycles. The SMILES string of the molecule is C#Cc1cnc(C(=O)Cc2ccc(C3(N)CCN(C(C)=O)CC3)cc2C2=CCC(C)(C)CC2)[nH]1. The predicted molar refractivity (Wildman–Crippen MR) is 134 cm³/mol. The number of rotatable bonds is 5. The molecule has 2 heterocycles. The number of terminal acetylenes is 1. The van der Waals surface area contributed by atoms with Crippen molar-refractivity contribution in [2.24, 2.45) is 11.1 Å².